The monoisotopic (exact) mass is 293 g/mol. The molecule has 0 fully saturated rings. The zero-order valence-electron chi connectivity index (χ0n) is 12.5. The van der Waals surface area contributed by atoms with Crippen LogP contribution in [0.1, 0.15) is 25.3 Å². The molecule has 0 heterocycles. The fourth-order valence-electron chi connectivity index (χ4n) is 1.92. The Morgan fingerprint density at radius 1 is 1.29 bits per heavy atom. The summed E-state index contributed by atoms with van der Waals surface area (Å²) in [5.74, 6) is -1.65. The fraction of sp³-hybridized carbons (Fsp3) is 0.500. The topological polar surface area (TPSA) is 75.6 Å². The second-order valence-electron chi connectivity index (χ2n) is 5.11. The molecule has 0 aliphatic carbocycles. The van der Waals surface area contributed by atoms with Crippen LogP contribution in [-0.4, -0.2) is 36.7 Å². The normalized spacial score (nSPS) is 13.4. The first-order valence-corrected chi connectivity index (χ1v) is 7.09. The van der Waals surface area contributed by atoms with E-state index in [1.807, 2.05) is 37.3 Å². The van der Waals surface area contributed by atoms with Crippen LogP contribution in [0.25, 0.3) is 0 Å². The van der Waals surface area contributed by atoms with Crippen molar-refractivity contribution in [3.05, 3.63) is 35.9 Å². The van der Waals surface area contributed by atoms with Crippen LogP contribution in [0.15, 0.2) is 30.3 Å². The highest BCUT2D eigenvalue weighted by molar-refractivity contribution is 5.77. The van der Waals surface area contributed by atoms with Crippen LogP contribution >= 0.6 is 0 Å². The van der Waals surface area contributed by atoms with Gasteiger partial charge < -0.3 is 15.2 Å². The second kappa shape index (κ2) is 9.13. The van der Waals surface area contributed by atoms with Gasteiger partial charge in [-0.2, -0.15) is 0 Å². The Balaban J connectivity index is 2.41. The molecule has 0 radical (unpaired) electrons. The minimum absolute atomic E-state index is 0.0235. The molecule has 116 valence electrons. The molecule has 0 aliphatic rings. The number of carbonyl (C=O) groups excluding carboxylic acids is 1. The number of aliphatic carboxylic acids is 1. The summed E-state index contributed by atoms with van der Waals surface area (Å²) in [7, 11) is 1.60. The molecule has 0 saturated heterocycles. The molecular weight excluding hydrogens is 270 g/mol. The molecule has 0 saturated carbocycles. The summed E-state index contributed by atoms with van der Waals surface area (Å²) in [4.78, 5) is 22.9. The van der Waals surface area contributed by atoms with Crippen LogP contribution in [0.3, 0.4) is 0 Å². The van der Waals surface area contributed by atoms with Gasteiger partial charge in [-0.1, -0.05) is 30.3 Å². The van der Waals surface area contributed by atoms with Gasteiger partial charge in [0, 0.05) is 20.1 Å². The maximum Gasteiger partial charge on any atom is 0.308 e. The van der Waals surface area contributed by atoms with Gasteiger partial charge in [-0.05, 0) is 25.3 Å². The lowest BCUT2D eigenvalue weighted by Gasteiger charge is -2.14. The van der Waals surface area contributed by atoms with Gasteiger partial charge in [-0.25, -0.2) is 0 Å². The number of methoxy groups -OCH3 is 1. The SMILES string of the molecule is COC(C)CCC(=O)NCC(Cc1ccccc1)C(=O)O. The predicted octanol–water partition coefficient (Wildman–Crippen LogP) is 1.86. The second-order valence-corrected chi connectivity index (χ2v) is 5.11. The number of benzene rings is 1. The summed E-state index contributed by atoms with van der Waals surface area (Å²) < 4.78 is 5.07. The third-order valence-corrected chi connectivity index (χ3v) is 3.40. The van der Waals surface area contributed by atoms with Crippen molar-refractivity contribution in [2.24, 2.45) is 5.92 Å². The minimum Gasteiger partial charge on any atom is -0.481 e. The first kappa shape index (κ1) is 17.2. The Morgan fingerprint density at radius 3 is 2.52 bits per heavy atom. The van der Waals surface area contributed by atoms with E-state index in [0.29, 0.717) is 19.3 Å². The molecular formula is C16H23NO4. The number of hydrogen-bond acceptors (Lipinski definition) is 3. The first-order valence-electron chi connectivity index (χ1n) is 7.09. The molecule has 1 amide bonds. The molecule has 0 bridgehead atoms. The molecule has 5 nitrogen and oxygen atoms in total. The molecule has 0 aliphatic heterocycles. The zero-order chi connectivity index (χ0) is 15.7. The van der Waals surface area contributed by atoms with Crippen molar-refractivity contribution >= 4 is 11.9 Å². The average Bonchev–Trinajstić information content (AvgIpc) is 2.49. The molecule has 0 spiro atoms. The van der Waals surface area contributed by atoms with Gasteiger partial charge >= 0.3 is 5.97 Å². The number of carbonyl (C=O) groups is 2. The molecule has 21 heavy (non-hydrogen) atoms. The molecule has 2 unspecified atom stereocenters. The van der Waals surface area contributed by atoms with Crippen molar-refractivity contribution < 1.29 is 19.4 Å². The molecule has 0 aromatic heterocycles. The molecule has 1 rings (SSSR count). The van der Waals surface area contributed by atoms with Crippen LogP contribution in [0.2, 0.25) is 0 Å². The minimum atomic E-state index is -0.899. The molecule has 5 heteroatoms. The summed E-state index contributed by atoms with van der Waals surface area (Å²) in [5.41, 5.74) is 0.951. The maximum atomic E-state index is 11.7. The van der Waals surface area contributed by atoms with Gasteiger partial charge in [0.2, 0.25) is 5.91 Å². The van der Waals surface area contributed by atoms with Crippen LogP contribution in [0, 0.1) is 5.92 Å². The first-order chi connectivity index (χ1) is 10.0. The van der Waals surface area contributed by atoms with E-state index in [1.54, 1.807) is 7.11 Å². The van der Waals surface area contributed by atoms with E-state index in [1.165, 1.54) is 0 Å². The van der Waals surface area contributed by atoms with E-state index in [0.717, 1.165) is 5.56 Å². The standard InChI is InChI=1S/C16H23NO4/c1-12(21-2)8-9-15(18)17-11-14(16(19)20)10-13-6-4-3-5-7-13/h3-7,12,14H,8-11H2,1-2H3,(H,17,18)(H,19,20). The Labute approximate surface area is 125 Å². The summed E-state index contributed by atoms with van der Waals surface area (Å²) in [5, 5.41) is 11.9. The van der Waals surface area contributed by atoms with Crippen molar-refractivity contribution in [3.63, 3.8) is 0 Å². The Bertz CT molecular complexity index is 447. The highest BCUT2D eigenvalue weighted by Crippen LogP contribution is 2.09. The van der Waals surface area contributed by atoms with Gasteiger partial charge in [0.1, 0.15) is 0 Å². The van der Waals surface area contributed by atoms with Crippen molar-refractivity contribution in [2.45, 2.75) is 32.3 Å². The van der Waals surface area contributed by atoms with Crippen molar-refractivity contribution in [1.82, 2.24) is 5.32 Å². The van der Waals surface area contributed by atoms with E-state index in [4.69, 9.17) is 4.74 Å². The largest absolute Gasteiger partial charge is 0.481 e. The predicted molar refractivity (Wildman–Crippen MR) is 80.0 cm³/mol. The van der Waals surface area contributed by atoms with Crippen molar-refractivity contribution in [1.29, 1.82) is 0 Å². The summed E-state index contributed by atoms with van der Waals surface area (Å²) in [6.45, 7) is 2.03. The molecule has 1 aromatic carbocycles. The molecule has 2 N–H and O–H groups in total. The van der Waals surface area contributed by atoms with Gasteiger partial charge in [0.15, 0.2) is 0 Å². The lowest BCUT2D eigenvalue weighted by atomic mass is 9.99. The lowest BCUT2D eigenvalue weighted by molar-refractivity contribution is -0.141. The Kier molecular flexibility index (Phi) is 7.46. The van der Waals surface area contributed by atoms with Crippen LogP contribution < -0.4 is 5.32 Å². The highest BCUT2D eigenvalue weighted by Gasteiger charge is 2.19. The van der Waals surface area contributed by atoms with Crippen molar-refractivity contribution in [3.8, 4) is 0 Å². The number of carboxylic acid groups (broad SMARTS) is 1. The van der Waals surface area contributed by atoms with E-state index in [-0.39, 0.29) is 18.6 Å². The number of amides is 1. The summed E-state index contributed by atoms with van der Waals surface area (Å²) >= 11 is 0. The van der Waals surface area contributed by atoms with Gasteiger partial charge in [-0.15, -0.1) is 0 Å². The third kappa shape index (κ3) is 6.90. The maximum absolute atomic E-state index is 11.7. The zero-order valence-corrected chi connectivity index (χ0v) is 12.5. The number of hydrogen-bond donors (Lipinski definition) is 2. The molecule has 2 atom stereocenters. The van der Waals surface area contributed by atoms with Crippen LogP contribution in [0.5, 0.6) is 0 Å². The van der Waals surface area contributed by atoms with Gasteiger partial charge in [0.25, 0.3) is 0 Å². The van der Waals surface area contributed by atoms with Gasteiger partial charge in [0.05, 0.1) is 12.0 Å². The van der Waals surface area contributed by atoms with E-state index < -0.39 is 11.9 Å². The number of carboxylic acids is 1. The van der Waals surface area contributed by atoms with E-state index >= 15 is 0 Å². The highest BCUT2D eigenvalue weighted by atomic mass is 16.5. The molecule has 1 aromatic rings. The fourth-order valence-corrected chi connectivity index (χ4v) is 1.92. The van der Waals surface area contributed by atoms with Crippen LogP contribution in [0.4, 0.5) is 0 Å². The van der Waals surface area contributed by atoms with Crippen molar-refractivity contribution in [2.75, 3.05) is 13.7 Å². The lowest BCUT2D eigenvalue weighted by Crippen LogP contribution is -2.34. The summed E-state index contributed by atoms with van der Waals surface area (Å²) in [6.07, 6.45) is 1.39. The Hall–Kier alpha value is -1.88. The van der Waals surface area contributed by atoms with Gasteiger partial charge in [-0.3, -0.25) is 9.59 Å². The smallest absolute Gasteiger partial charge is 0.308 e. The number of rotatable bonds is 9. The van der Waals surface area contributed by atoms with E-state index in [9.17, 15) is 14.7 Å². The third-order valence-electron chi connectivity index (χ3n) is 3.40. The van der Waals surface area contributed by atoms with E-state index in [2.05, 4.69) is 5.32 Å². The number of ether oxygens (including phenoxy) is 1. The Morgan fingerprint density at radius 2 is 1.95 bits per heavy atom. The number of nitrogens with one attached hydrogen (secondary N) is 1. The summed E-state index contributed by atoms with van der Waals surface area (Å²) in [6, 6.07) is 9.41. The average molecular weight is 293 g/mol. The van der Waals surface area contributed by atoms with Crippen LogP contribution in [-0.2, 0) is 20.7 Å². The quantitative estimate of drug-likeness (QED) is 0.728.